The van der Waals surface area contributed by atoms with Crippen molar-refractivity contribution in [2.45, 2.75) is 38.8 Å². The van der Waals surface area contributed by atoms with E-state index in [-0.39, 0.29) is 18.9 Å². The summed E-state index contributed by atoms with van der Waals surface area (Å²) in [7, 11) is 0. The van der Waals surface area contributed by atoms with E-state index in [0.29, 0.717) is 19.4 Å². The Hall–Kier alpha value is -1.27. The van der Waals surface area contributed by atoms with E-state index in [1.807, 2.05) is 0 Å². The molecule has 0 aromatic carbocycles. The number of hydrogen-bond acceptors (Lipinski definition) is 2. The molecule has 1 rings (SSSR count). The van der Waals surface area contributed by atoms with E-state index in [1.165, 1.54) is 4.90 Å². The van der Waals surface area contributed by atoms with Crippen molar-refractivity contribution in [1.29, 1.82) is 0 Å². The molecule has 1 heterocycles. The van der Waals surface area contributed by atoms with Gasteiger partial charge in [0.1, 0.15) is 5.92 Å². The first-order chi connectivity index (χ1) is 8.71. The summed E-state index contributed by atoms with van der Waals surface area (Å²) in [5, 5.41) is 8.58. The maximum Gasteiger partial charge on any atom is 0.400 e. The van der Waals surface area contributed by atoms with Gasteiger partial charge in [-0.1, -0.05) is 0 Å². The van der Waals surface area contributed by atoms with Crippen LogP contribution in [0.15, 0.2) is 0 Å². The van der Waals surface area contributed by atoms with E-state index < -0.39 is 24.0 Å². The summed E-state index contributed by atoms with van der Waals surface area (Å²) in [5.41, 5.74) is 0. The van der Waals surface area contributed by atoms with Crippen LogP contribution < -0.4 is 0 Å². The van der Waals surface area contributed by atoms with Crippen molar-refractivity contribution in [2.75, 3.05) is 13.1 Å². The standard InChI is InChI=1S/C12H18F3NO3/c1-8(12(13,14)15)11(19)16-6-2-3-9(7-16)4-5-10(17)18/h8-9H,2-7H2,1H3,(H,17,18). The topological polar surface area (TPSA) is 57.6 Å². The van der Waals surface area contributed by atoms with E-state index in [0.717, 1.165) is 13.3 Å². The van der Waals surface area contributed by atoms with Gasteiger partial charge in [0.2, 0.25) is 5.91 Å². The molecule has 110 valence electrons. The number of aliphatic carboxylic acids is 1. The fourth-order valence-corrected chi connectivity index (χ4v) is 2.24. The first-order valence-corrected chi connectivity index (χ1v) is 6.29. The van der Waals surface area contributed by atoms with Gasteiger partial charge in [-0.25, -0.2) is 0 Å². The Kier molecular flexibility index (Phi) is 5.20. The molecule has 1 aliphatic heterocycles. The Morgan fingerprint density at radius 3 is 2.58 bits per heavy atom. The van der Waals surface area contributed by atoms with Crippen LogP contribution >= 0.6 is 0 Å². The van der Waals surface area contributed by atoms with Gasteiger partial charge < -0.3 is 10.0 Å². The third-order valence-corrected chi connectivity index (χ3v) is 3.46. The molecule has 0 aromatic heterocycles. The Labute approximate surface area is 109 Å². The Morgan fingerprint density at radius 1 is 1.42 bits per heavy atom. The molecule has 0 aliphatic carbocycles. The second kappa shape index (κ2) is 6.25. The lowest BCUT2D eigenvalue weighted by Gasteiger charge is -2.34. The third-order valence-electron chi connectivity index (χ3n) is 3.46. The Bertz CT molecular complexity index is 344. The molecular weight excluding hydrogens is 263 g/mol. The molecule has 0 saturated carbocycles. The molecule has 0 radical (unpaired) electrons. The van der Waals surface area contributed by atoms with Crippen molar-refractivity contribution in [3.63, 3.8) is 0 Å². The van der Waals surface area contributed by atoms with Crippen LogP contribution in [0.5, 0.6) is 0 Å². The molecule has 0 spiro atoms. The van der Waals surface area contributed by atoms with Gasteiger partial charge in [0.05, 0.1) is 0 Å². The minimum Gasteiger partial charge on any atom is -0.481 e. The molecule has 1 amide bonds. The van der Waals surface area contributed by atoms with E-state index in [1.54, 1.807) is 0 Å². The molecule has 4 nitrogen and oxygen atoms in total. The smallest absolute Gasteiger partial charge is 0.400 e. The van der Waals surface area contributed by atoms with E-state index in [4.69, 9.17) is 5.11 Å². The van der Waals surface area contributed by atoms with Crippen molar-refractivity contribution in [1.82, 2.24) is 4.90 Å². The summed E-state index contributed by atoms with van der Waals surface area (Å²) in [5.74, 6) is -3.85. The zero-order valence-corrected chi connectivity index (χ0v) is 10.7. The predicted octanol–water partition coefficient (Wildman–Crippen LogP) is 2.29. The van der Waals surface area contributed by atoms with Crippen molar-refractivity contribution in [3.05, 3.63) is 0 Å². The molecule has 1 aliphatic rings. The first-order valence-electron chi connectivity index (χ1n) is 6.29. The van der Waals surface area contributed by atoms with Gasteiger partial charge in [-0.15, -0.1) is 0 Å². The van der Waals surface area contributed by atoms with Crippen molar-refractivity contribution < 1.29 is 27.9 Å². The summed E-state index contributed by atoms with van der Waals surface area (Å²) < 4.78 is 37.4. The molecule has 7 heteroatoms. The van der Waals surface area contributed by atoms with Crippen LogP contribution in [-0.2, 0) is 9.59 Å². The van der Waals surface area contributed by atoms with Gasteiger partial charge in [0, 0.05) is 19.5 Å². The number of carboxylic acids is 1. The number of carboxylic acid groups (broad SMARTS) is 1. The zero-order valence-electron chi connectivity index (χ0n) is 10.7. The Morgan fingerprint density at radius 2 is 2.05 bits per heavy atom. The van der Waals surface area contributed by atoms with Gasteiger partial charge >= 0.3 is 12.1 Å². The van der Waals surface area contributed by atoms with Crippen LogP contribution in [0.1, 0.15) is 32.6 Å². The molecule has 2 atom stereocenters. The molecule has 2 unspecified atom stereocenters. The minimum absolute atomic E-state index is 0.0124. The minimum atomic E-state index is -4.52. The highest BCUT2D eigenvalue weighted by Gasteiger charge is 2.43. The fraction of sp³-hybridized carbons (Fsp3) is 0.833. The molecule has 1 fully saturated rings. The van der Waals surface area contributed by atoms with Gasteiger partial charge in [-0.05, 0) is 32.1 Å². The molecule has 1 saturated heterocycles. The molecular formula is C12H18F3NO3. The number of hydrogen-bond donors (Lipinski definition) is 1. The lowest BCUT2D eigenvalue weighted by molar-refractivity contribution is -0.186. The second-order valence-corrected chi connectivity index (χ2v) is 4.99. The molecule has 0 bridgehead atoms. The number of likely N-dealkylation sites (tertiary alicyclic amines) is 1. The highest BCUT2D eigenvalue weighted by Crippen LogP contribution is 2.29. The number of carbonyl (C=O) groups excluding carboxylic acids is 1. The summed E-state index contributed by atoms with van der Waals surface area (Å²) in [6.07, 6.45) is -2.75. The van der Waals surface area contributed by atoms with Crippen LogP contribution in [0.3, 0.4) is 0 Å². The highest BCUT2D eigenvalue weighted by atomic mass is 19.4. The summed E-state index contributed by atoms with van der Waals surface area (Å²) in [6.45, 7) is 1.42. The maximum absolute atomic E-state index is 12.5. The quantitative estimate of drug-likeness (QED) is 0.860. The molecule has 1 N–H and O–H groups in total. The fourth-order valence-electron chi connectivity index (χ4n) is 2.24. The highest BCUT2D eigenvalue weighted by molar-refractivity contribution is 5.79. The van der Waals surface area contributed by atoms with Crippen LogP contribution in [0.2, 0.25) is 0 Å². The van der Waals surface area contributed by atoms with Crippen LogP contribution in [0.4, 0.5) is 13.2 Å². The number of halogens is 3. The number of alkyl halides is 3. The Balaban J connectivity index is 2.54. The van der Waals surface area contributed by atoms with Gasteiger partial charge in [-0.3, -0.25) is 9.59 Å². The number of carbonyl (C=O) groups is 2. The largest absolute Gasteiger partial charge is 0.481 e. The molecule has 19 heavy (non-hydrogen) atoms. The second-order valence-electron chi connectivity index (χ2n) is 4.99. The summed E-state index contributed by atoms with van der Waals surface area (Å²) >= 11 is 0. The lowest BCUT2D eigenvalue weighted by atomic mass is 9.92. The molecule has 0 aromatic rings. The monoisotopic (exact) mass is 281 g/mol. The van der Waals surface area contributed by atoms with Crippen molar-refractivity contribution in [2.24, 2.45) is 11.8 Å². The van der Waals surface area contributed by atoms with E-state index in [9.17, 15) is 22.8 Å². The van der Waals surface area contributed by atoms with E-state index in [2.05, 4.69) is 0 Å². The maximum atomic E-state index is 12.5. The van der Waals surface area contributed by atoms with E-state index >= 15 is 0 Å². The average Bonchev–Trinajstić information content (AvgIpc) is 2.33. The normalized spacial score (nSPS) is 22.1. The third kappa shape index (κ3) is 4.72. The summed E-state index contributed by atoms with van der Waals surface area (Å²) in [6, 6.07) is 0. The number of rotatable bonds is 4. The van der Waals surface area contributed by atoms with Crippen LogP contribution in [0, 0.1) is 11.8 Å². The van der Waals surface area contributed by atoms with Crippen LogP contribution in [0.25, 0.3) is 0 Å². The SMILES string of the molecule is CC(C(=O)N1CCCC(CCC(=O)O)C1)C(F)(F)F. The van der Waals surface area contributed by atoms with Gasteiger partial charge in [0.15, 0.2) is 0 Å². The van der Waals surface area contributed by atoms with Crippen molar-refractivity contribution in [3.8, 4) is 0 Å². The van der Waals surface area contributed by atoms with Crippen molar-refractivity contribution >= 4 is 11.9 Å². The first kappa shape index (κ1) is 15.8. The predicted molar refractivity (Wildman–Crippen MR) is 61.4 cm³/mol. The number of amides is 1. The van der Waals surface area contributed by atoms with Crippen LogP contribution in [-0.4, -0.2) is 41.1 Å². The number of nitrogens with zero attached hydrogens (tertiary/aromatic N) is 1. The number of piperidine rings is 1. The zero-order chi connectivity index (χ0) is 14.6. The average molecular weight is 281 g/mol. The summed E-state index contributed by atoms with van der Waals surface area (Å²) in [4.78, 5) is 23.4. The van der Waals surface area contributed by atoms with Gasteiger partial charge in [-0.2, -0.15) is 13.2 Å². The van der Waals surface area contributed by atoms with Gasteiger partial charge in [0.25, 0.3) is 0 Å². The lowest BCUT2D eigenvalue weighted by Crippen LogP contribution is -2.45.